The number of hydrogen-bond donors (Lipinski definition) is 4. The SMILES string of the molecule is CCCCCCCCCCCCCCC[C@@H](O)[C@H](CO)NC(=O)[C@H](O)CCCC. The fraction of sp³-hybridized carbons (Fsp3) is 0.958. The molecular weight excluding hydrogens is 366 g/mol. The van der Waals surface area contributed by atoms with Gasteiger partial charge in [-0.1, -0.05) is 110 Å². The molecule has 0 aliphatic rings. The fourth-order valence-electron chi connectivity index (χ4n) is 3.64. The standard InChI is InChI=1S/C24H49NO4/c1-3-5-7-8-9-10-11-12-13-14-15-16-17-19-22(27)21(20-26)25-24(29)23(28)18-6-4-2/h21-23,26-28H,3-20H2,1-2H3,(H,25,29)/t21-,22+,23+/m0/s1. The van der Waals surface area contributed by atoms with Crippen LogP contribution < -0.4 is 5.32 Å². The summed E-state index contributed by atoms with van der Waals surface area (Å²) in [6.45, 7) is 3.94. The van der Waals surface area contributed by atoms with Crippen molar-refractivity contribution in [2.75, 3.05) is 6.61 Å². The summed E-state index contributed by atoms with van der Waals surface area (Å²) in [6.07, 6.45) is 17.4. The highest BCUT2D eigenvalue weighted by molar-refractivity contribution is 5.80. The summed E-state index contributed by atoms with van der Waals surface area (Å²) in [5.74, 6) is -0.498. The Bertz CT molecular complexity index is 365. The maximum absolute atomic E-state index is 11.9. The Labute approximate surface area is 179 Å². The molecule has 0 aromatic heterocycles. The minimum absolute atomic E-state index is 0.314. The lowest BCUT2D eigenvalue weighted by atomic mass is 10.0. The van der Waals surface area contributed by atoms with Crippen LogP contribution in [0.5, 0.6) is 0 Å². The maximum atomic E-state index is 11.9. The molecule has 0 heterocycles. The summed E-state index contributed by atoms with van der Waals surface area (Å²) in [4.78, 5) is 11.9. The lowest BCUT2D eigenvalue weighted by molar-refractivity contribution is -0.131. The fourth-order valence-corrected chi connectivity index (χ4v) is 3.64. The van der Waals surface area contributed by atoms with Gasteiger partial charge in [-0.05, 0) is 12.8 Å². The number of aliphatic hydroxyl groups excluding tert-OH is 3. The molecule has 0 aliphatic carbocycles. The van der Waals surface area contributed by atoms with Gasteiger partial charge in [0, 0.05) is 0 Å². The molecule has 5 nitrogen and oxygen atoms in total. The molecule has 0 aromatic carbocycles. The van der Waals surface area contributed by atoms with E-state index in [-0.39, 0.29) is 6.61 Å². The van der Waals surface area contributed by atoms with Crippen molar-refractivity contribution in [1.29, 1.82) is 0 Å². The first-order chi connectivity index (χ1) is 14.1. The van der Waals surface area contributed by atoms with E-state index in [1.54, 1.807) is 0 Å². The highest BCUT2D eigenvalue weighted by atomic mass is 16.3. The highest BCUT2D eigenvalue weighted by Crippen LogP contribution is 2.14. The van der Waals surface area contributed by atoms with Crippen LogP contribution in [-0.4, -0.2) is 46.1 Å². The Morgan fingerprint density at radius 1 is 0.690 bits per heavy atom. The van der Waals surface area contributed by atoms with Crippen molar-refractivity contribution < 1.29 is 20.1 Å². The summed E-state index contributed by atoms with van der Waals surface area (Å²) < 4.78 is 0. The minimum atomic E-state index is -1.06. The number of hydrogen-bond acceptors (Lipinski definition) is 4. The van der Waals surface area contributed by atoms with Crippen LogP contribution in [0.15, 0.2) is 0 Å². The third-order valence-corrected chi connectivity index (χ3v) is 5.73. The molecule has 0 rings (SSSR count). The smallest absolute Gasteiger partial charge is 0.249 e. The van der Waals surface area contributed by atoms with Crippen LogP contribution in [0, 0.1) is 0 Å². The summed E-state index contributed by atoms with van der Waals surface area (Å²) in [6, 6.07) is -0.698. The molecule has 3 atom stereocenters. The van der Waals surface area contributed by atoms with E-state index in [0.717, 1.165) is 25.7 Å². The summed E-state index contributed by atoms with van der Waals surface area (Å²) in [5.41, 5.74) is 0. The van der Waals surface area contributed by atoms with Crippen LogP contribution in [0.1, 0.15) is 123 Å². The topological polar surface area (TPSA) is 89.8 Å². The number of carbonyl (C=O) groups excluding carboxylic acids is 1. The van der Waals surface area contributed by atoms with Gasteiger partial charge in [0.2, 0.25) is 5.91 Å². The Kier molecular flexibility index (Phi) is 20.2. The van der Waals surface area contributed by atoms with Crippen molar-refractivity contribution in [3.05, 3.63) is 0 Å². The van der Waals surface area contributed by atoms with Gasteiger partial charge in [-0.15, -0.1) is 0 Å². The zero-order valence-corrected chi connectivity index (χ0v) is 19.2. The highest BCUT2D eigenvalue weighted by Gasteiger charge is 2.23. The predicted molar refractivity (Wildman–Crippen MR) is 121 cm³/mol. The number of aliphatic hydroxyl groups is 3. The average molecular weight is 416 g/mol. The third-order valence-electron chi connectivity index (χ3n) is 5.73. The number of nitrogens with one attached hydrogen (secondary N) is 1. The van der Waals surface area contributed by atoms with Crippen molar-refractivity contribution in [1.82, 2.24) is 5.32 Å². The van der Waals surface area contributed by atoms with Gasteiger partial charge in [-0.3, -0.25) is 4.79 Å². The zero-order valence-electron chi connectivity index (χ0n) is 19.2. The minimum Gasteiger partial charge on any atom is -0.394 e. The Morgan fingerprint density at radius 3 is 1.59 bits per heavy atom. The predicted octanol–water partition coefficient (Wildman–Crippen LogP) is 4.86. The van der Waals surface area contributed by atoms with E-state index in [9.17, 15) is 20.1 Å². The average Bonchev–Trinajstić information content (AvgIpc) is 2.73. The molecule has 0 fully saturated rings. The van der Waals surface area contributed by atoms with E-state index in [1.807, 2.05) is 6.92 Å². The lowest BCUT2D eigenvalue weighted by Crippen LogP contribution is -2.49. The Hall–Kier alpha value is -0.650. The van der Waals surface area contributed by atoms with E-state index in [1.165, 1.54) is 70.6 Å². The summed E-state index contributed by atoms with van der Waals surface area (Å²) in [7, 11) is 0. The molecule has 0 aromatic rings. The van der Waals surface area contributed by atoms with Crippen LogP contribution in [0.4, 0.5) is 0 Å². The molecule has 5 heteroatoms. The second-order valence-electron chi connectivity index (χ2n) is 8.55. The van der Waals surface area contributed by atoms with Crippen LogP contribution in [0.2, 0.25) is 0 Å². The van der Waals surface area contributed by atoms with Gasteiger partial charge in [-0.25, -0.2) is 0 Å². The third kappa shape index (κ3) is 16.8. The molecule has 0 unspecified atom stereocenters. The van der Waals surface area contributed by atoms with Gasteiger partial charge in [0.05, 0.1) is 18.8 Å². The van der Waals surface area contributed by atoms with E-state index < -0.39 is 24.2 Å². The van der Waals surface area contributed by atoms with Crippen LogP contribution in [0.3, 0.4) is 0 Å². The molecule has 0 aliphatic heterocycles. The van der Waals surface area contributed by atoms with Crippen molar-refractivity contribution >= 4 is 5.91 Å². The number of rotatable bonds is 21. The van der Waals surface area contributed by atoms with Gasteiger partial charge in [0.15, 0.2) is 0 Å². The zero-order chi connectivity index (χ0) is 21.7. The van der Waals surface area contributed by atoms with E-state index in [4.69, 9.17) is 0 Å². The quantitative estimate of drug-likeness (QED) is 0.202. The first-order valence-corrected chi connectivity index (χ1v) is 12.3. The van der Waals surface area contributed by atoms with Crippen molar-refractivity contribution in [2.24, 2.45) is 0 Å². The molecule has 1 amide bonds. The molecular formula is C24H49NO4. The van der Waals surface area contributed by atoms with Crippen LogP contribution in [0.25, 0.3) is 0 Å². The molecule has 0 spiro atoms. The molecule has 0 saturated carbocycles. The van der Waals surface area contributed by atoms with E-state index >= 15 is 0 Å². The van der Waals surface area contributed by atoms with Gasteiger partial charge in [0.25, 0.3) is 0 Å². The number of amides is 1. The molecule has 0 radical (unpaired) electrons. The number of unbranched alkanes of at least 4 members (excludes halogenated alkanes) is 13. The molecule has 29 heavy (non-hydrogen) atoms. The van der Waals surface area contributed by atoms with E-state index in [0.29, 0.717) is 12.8 Å². The van der Waals surface area contributed by atoms with Crippen LogP contribution >= 0.6 is 0 Å². The van der Waals surface area contributed by atoms with Crippen molar-refractivity contribution in [3.63, 3.8) is 0 Å². The van der Waals surface area contributed by atoms with Gasteiger partial charge < -0.3 is 20.6 Å². The molecule has 0 bridgehead atoms. The maximum Gasteiger partial charge on any atom is 0.249 e. The Morgan fingerprint density at radius 2 is 1.14 bits per heavy atom. The second-order valence-corrected chi connectivity index (χ2v) is 8.55. The molecule has 0 saturated heterocycles. The number of carbonyl (C=O) groups is 1. The Balaban J connectivity index is 3.65. The largest absolute Gasteiger partial charge is 0.394 e. The molecule has 4 N–H and O–H groups in total. The summed E-state index contributed by atoms with van der Waals surface area (Å²) in [5, 5.41) is 32.1. The summed E-state index contributed by atoms with van der Waals surface area (Å²) >= 11 is 0. The first kappa shape index (κ1) is 28.4. The van der Waals surface area contributed by atoms with Crippen molar-refractivity contribution in [3.8, 4) is 0 Å². The van der Waals surface area contributed by atoms with Crippen molar-refractivity contribution in [2.45, 2.75) is 141 Å². The monoisotopic (exact) mass is 415 g/mol. The van der Waals surface area contributed by atoms with Gasteiger partial charge in [0.1, 0.15) is 6.10 Å². The normalized spacial score (nSPS) is 14.5. The van der Waals surface area contributed by atoms with Gasteiger partial charge >= 0.3 is 0 Å². The van der Waals surface area contributed by atoms with Gasteiger partial charge in [-0.2, -0.15) is 0 Å². The first-order valence-electron chi connectivity index (χ1n) is 12.3. The second kappa shape index (κ2) is 20.6. The van der Waals surface area contributed by atoms with Crippen LogP contribution in [-0.2, 0) is 4.79 Å². The van der Waals surface area contributed by atoms with E-state index in [2.05, 4.69) is 12.2 Å². The lowest BCUT2D eigenvalue weighted by Gasteiger charge is -2.23. The molecule has 174 valence electrons.